The SMILES string of the molecule is Cc1ccccc1N(C)C(=O)COc1nnnn1-c1c(C)cccc1Cl. The van der Waals surface area contributed by atoms with E-state index in [-0.39, 0.29) is 18.5 Å². The molecular weight excluding hydrogens is 354 g/mol. The van der Waals surface area contributed by atoms with E-state index in [1.54, 1.807) is 18.0 Å². The molecular formula is C18H18ClN5O2. The van der Waals surface area contributed by atoms with Crippen LogP contribution in [0.1, 0.15) is 11.1 Å². The van der Waals surface area contributed by atoms with Crippen LogP contribution in [0, 0.1) is 13.8 Å². The van der Waals surface area contributed by atoms with Crippen LogP contribution >= 0.6 is 11.6 Å². The lowest BCUT2D eigenvalue weighted by Gasteiger charge is -2.19. The van der Waals surface area contributed by atoms with Crippen LogP contribution in [0.4, 0.5) is 5.69 Å². The van der Waals surface area contributed by atoms with Gasteiger partial charge >= 0.3 is 6.01 Å². The first-order valence-corrected chi connectivity index (χ1v) is 8.35. The summed E-state index contributed by atoms with van der Waals surface area (Å²) in [6, 6.07) is 13.2. The lowest BCUT2D eigenvalue weighted by atomic mass is 10.2. The third kappa shape index (κ3) is 3.52. The van der Waals surface area contributed by atoms with E-state index < -0.39 is 0 Å². The van der Waals surface area contributed by atoms with E-state index in [4.69, 9.17) is 16.3 Å². The van der Waals surface area contributed by atoms with Gasteiger partial charge in [-0.15, -0.1) is 0 Å². The molecule has 3 rings (SSSR count). The molecule has 1 aromatic heterocycles. The molecule has 0 aliphatic heterocycles. The van der Waals surface area contributed by atoms with Crippen molar-refractivity contribution in [3.05, 3.63) is 58.6 Å². The van der Waals surface area contributed by atoms with Gasteiger partial charge in [0, 0.05) is 12.7 Å². The second-order valence-electron chi connectivity index (χ2n) is 5.81. The minimum Gasteiger partial charge on any atom is -0.452 e. The fourth-order valence-electron chi connectivity index (χ4n) is 2.60. The first-order valence-electron chi connectivity index (χ1n) is 7.98. The fourth-order valence-corrected chi connectivity index (χ4v) is 2.90. The summed E-state index contributed by atoms with van der Waals surface area (Å²) in [6.45, 7) is 3.64. The molecule has 7 nitrogen and oxygen atoms in total. The van der Waals surface area contributed by atoms with E-state index in [2.05, 4.69) is 15.5 Å². The highest BCUT2D eigenvalue weighted by Gasteiger charge is 2.18. The Labute approximate surface area is 156 Å². The largest absolute Gasteiger partial charge is 0.452 e. The number of ether oxygens (including phenoxy) is 1. The molecule has 0 aliphatic carbocycles. The standard InChI is InChI=1S/C18H18ClN5O2/c1-12-7-4-5-10-15(12)23(3)16(25)11-26-18-20-21-22-24(18)17-13(2)8-6-9-14(17)19/h4-10H,11H2,1-3H3. The van der Waals surface area contributed by atoms with Crippen LogP contribution in [-0.2, 0) is 4.79 Å². The quantitative estimate of drug-likeness (QED) is 0.689. The highest BCUT2D eigenvalue weighted by molar-refractivity contribution is 6.32. The number of aromatic nitrogens is 4. The summed E-state index contributed by atoms with van der Waals surface area (Å²) >= 11 is 6.26. The average Bonchev–Trinajstić information content (AvgIpc) is 3.07. The minimum atomic E-state index is -0.218. The molecule has 26 heavy (non-hydrogen) atoms. The van der Waals surface area contributed by atoms with Gasteiger partial charge in [-0.25, -0.2) is 0 Å². The smallest absolute Gasteiger partial charge is 0.340 e. The second kappa shape index (κ2) is 7.53. The third-order valence-corrected chi connectivity index (χ3v) is 4.32. The molecule has 0 saturated heterocycles. The van der Waals surface area contributed by atoms with Crippen LogP contribution in [0.2, 0.25) is 5.02 Å². The number of carbonyl (C=O) groups is 1. The van der Waals surface area contributed by atoms with Crippen LogP contribution < -0.4 is 9.64 Å². The van der Waals surface area contributed by atoms with Gasteiger partial charge in [0.05, 0.1) is 10.7 Å². The van der Waals surface area contributed by atoms with E-state index in [1.165, 1.54) is 4.68 Å². The maximum absolute atomic E-state index is 12.5. The van der Waals surface area contributed by atoms with E-state index in [0.717, 1.165) is 16.8 Å². The van der Waals surface area contributed by atoms with Crippen molar-refractivity contribution in [3.63, 3.8) is 0 Å². The summed E-state index contributed by atoms with van der Waals surface area (Å²) in [6.07, 6.45) is 0. The maximum Gasteiger partial charge on any atom is 0.340 e. The summed E-state index contributed by atoms with van der Waals surface area (Å²) in [5.41, 5.74) is 3.33. The zero-order valence-corrected chi connectivity index (χ0v) is 15.4. The molecule has 8 heteroatoms. The average molecular weight is 372 g/mol. The molecule has 0 fully saturated rings. The number of aryl methyl sites for hydroxylation is 2. The molecule has 134 valence electrons. The number of benzene rings is 2. The normalized spacial score (nSPS) is 10.6. The minimum absolute atomic E-state index is 0.104. The summed E-state index contributed by atoms with van der Waals surface area (Å²) in [4.78, 5) is 14.0. The Morgan fingerprint density at radius 1 is 1.15 bits per heavy atom. The van der Waals surface area contributed by atoms with Crippen molar-refractivity contribution in [3.8, 4) is 11.7 Å². The molecule has 0 radical (unpaired) electrons. The summed E-state index contributed by atoms with van der Waals surface area (Å²) in [5, 5.41) is 11.9. The van der Waals surface area contributed by atoms with Crippen molar-refractivity contribution in [1.82, 2.24) is 20.2 Å². The molecule has 2 aromatic carbocycles. The predicted molar refractivity (Wildman–Crippen MR) is 99.0 cm³/mol. The van der Waals surface area contributed by atoms with Crippen LogP contribution in [0.3, 0.4) is 0 Å². The monoisotopic (exact) mass is 371 g/mol. The topological polar surface area (TPSA) is 73.1 Å². The van der Waals surface area contributed by atoms with Gasteiger partial charge < -0.3 is 9.64 Å². The van der Waals surface area contributed by atoms with E-state index in [9.17, 15) is 4.79 Å². The summed E-state index contributed by atoms with van der Waals surface area (Å²) in [7, 11) is 1.70. The number of likely N-dealkylation sites (N-methyl/N-ethyl adjacent to an activating group) is 1. The molecule has 0 atom stereocenters. The first kappa shape index (κ1) is 17.9. The number of rotatable bonds is 5. The van der Waals surface area contributed by atoms with Crippen LogP contribution in [0.25, 0.3) is 5.69 Å². The predicted octanol–water partition coefficient (Wildman–Crippen LogP) is 2.97. The summed E-state index contributed by atoms with van der Waals surface area (Å²) in [5.74, 6) is -0.218. The number of carbonyl (C=O) groups excluding carboxylic acids is 1. The number of para-hydroxylation sites is 2. The van der Waals surface area contributed by atoms with Gasteiger partial charge in [-0.2, -0.15) is 4.68 Å². The molecule has 0 spiro atoms. The third-order valence-electron chi connectivity index (χ3n) is 4.02. The molecule has 0 N–H and O–H groups in total. The van der Waals surface area contributed by atoms with Gasteiger partial charge in [-0.1, -0.05) is 47.0 Å². The molecule has 1 heterocycles. The fraction of sp³-hybridized carbons (Fsp3) is 0.222. The Hall–Kier alpha value is -2.93. The number of tetrazole rings is 1. The molecule has 0 saturated carbocycles. The Morgan fingerprint density at radius 3 is 2.62 bits per heavy atom. The number of anilines is 1. The van der Waals surface area contributed by atoms with E-state index >= 15 is 0 Å². The van der Waals surface area contributed by atoms with Gasteiger partial charge in [0.15, 0.2) is 6.61 Å². The van der Waals surface area contributed by atoms with Crippen molar-refractivity contribution in [1.29, 1.82) is 0 Å². The van der Waals surface area contributed by atoms with Crippen molar-refractivity contribution in [2.75, 3.05) is 18.6 Å². The second-order valence-corrected chi connectivity index (χ2v) is 6.21. The van der Waals surface area contributed by atoms with Crippen LogP contribution in [0.5, 0.6) is 6.01 Å². The van der Waals surface area contributed by atoms with Gasteiger partial charge in [0.25, 0.3) is 5.91 Å². The number of halogens is 1. The van der Waals surface area contributed by atoms with Gasteiger partial charge in [-0.05, 0) is 47.5 Å². The van der Waals surface area contributed by atoms with Crippen molar-refractivity contribution < 1.29 is 9.53 Å². The van der Waals surface area contributed by atoms with E-state index in [1.807, 2.05) is 50.2 Å². The van der Waals surface area contributed by atoms with Gasteiger partial charge in [0.2, 0.25) is 0 Å². The Morgan fingerprint density at radius 2 is 1.88 bits per heavy atom. The zero-order valence-electron chi connectivity index (χ0n) is 14.7. The Balaban J connectivity index is 1.77. The Kier molecular flexibility index (Phi) is 5.18. The van der Waals surface area contributed by atoms with Crippen molar-refractivity contribution >= 4 is 23.2 Å². The zero-order chi connectivity index (χ0) is 18.7. The van der Waals surface area contributed by atoms with Gasteiger partial charge in [0.1, 0.15) is 0 Å². The lowest BCUT2D eigenvalue weighted by molar-refractivity contribution is -0.120. The lowest BCUT2D eigenvalue weighted by Crippen LogP contribution is -2.32. The van der Waals surface area contributed by atoms with Crippen molar-refractivity contribution in [2.24, 2.45) is 0 Å². The highest BCUT2D eigenvalue weighted by Crippen LogP contribution is 2.26. The number of amides is 1. The maximum atomic E-state index is 12.5. The van der Waals surface area contributed by atoms with Crippen molar-refractivity contribution in [2.45, 2.75) is 13.8 Å². The molecule has 1 amide bonds. The molecule has 0 bridgehead atoms. The molecule has 3 aromatic rings. The van der Waals surface area contributed by atoms with Crippen LogP contribution in [-0.4, -0.2) is 39.8 Å². The number of hydrogen-bond donors (Lipinski definition) is 0. The highest BCUT2D eigenvalue weighted by atomic mass is 35.5. The van der Waals surface area contributed by atoms with E-state index in [0.29, 0.717) is 10.7 Å². The van der Waals surface area contributed by atoms with Gasteiger partial charge in [-0.3, -0.25) is 4.79 Å². The summed E-state index contributed by atoms with van der Waals surface area (Å²) < 4.78 is 6.95. The number of nitrogens with zero attached hydrogens (tertiary/aromatic N) is 5. The molecule has 0 aliphatic rings. The van der Waals surface area contributed by atoms with Crippen LogP contribution in [0.15, 0.2) is 42.5 Å². The Bertz CT molecular complexity index is 921. The first-order chi connectivity index (χ1) is 12.5. The molecule has 0 unspecified atom stereocenters. The number of hydrogen-bond acceptors (Lipinski definition) is 5.